The molecule has 0 saturated heterocycles. The Morgan fingerprint density at radius 2 is 2.07 bits per heavy atom. The van der Waals surface area contributed by atoms with Gasteiger partial charge in [0.15, 0.2) is 0 Å². The van der Waals surface area contributed by atoms with Crippen molar-refractivity contribution in [2.24, 2.45) is 5.92 Å². The molecule has 0 aromatic carbocycles. The topological polar surface area (TPSA) is 32.3 Å². The van der Waals surface area contributed by atoms with E-state index in [0.29, 0.717) is 6.04 Å². The molecule has 1 aliphatic rings. The molecule has 14 heavy (non-hydrogen) atoms. The lowest BCUT2D eigenvalue weighted by molar-refractivity contribution is 0.0462. The maximum Gasteiger partial charge on any atom is 0.0743 e. The maximum atomic E-state index is 10.00. The molecule has 2 heteroatoms. The van der Waals surface area contributed by atoms with E-state index in [9.17, 15) is 5.11 Å². The van der Waals surface area contributed by atoms with Gasteiger partial charge in [0.1, 0.15) is 0 Å². The quantitative estimate of drug-likeness (QED) is 0.659. The SMILES string of the molecule is CCCC(C)(O)CNC(CC)C1CC1. The van der Waals surface area contributed by atoms with Crippen LogP contribution in [0.4, 0.5) is 0 Å². The van der Waals surface area contributed by atoms with E-state index >= 15 is 0 Å². The average Bonchev–Trinajstić information content (AvgIpc) is 2.89. The second-order valence-corrected chi connectivity index (χ2v) is 4.98. The minimum Gasteiger partial charge on any atom is -0.389 e. The van der Waals surface area contributed by atoms with Crippen LogP contribution in [0.5, 0.6) is 0 Å². The Kier molecular flexibility index (Phi) is 4.39. The van der Waals surface area contributed by atoms with Crippen LogP contribution < -0.4 is 5.32 Å². The lowest BCUT2D eigenvalue weighted by Gasteiger charge is -2.26. The third-order valence-electron chi connectivity index (χ3n) is 3.16. The molecule has 2 unspecified atom stereocenters. The van der Waals surface area contributed by atoms with Gasteiger partial charge in [-0.05, 0) is 38.5 Å². The molecule has 1 rings (SSSR count). The molecule has 0 aromatic heterocycles. The summed E-state index contributed by atoms with van der Waals surface area (Å²) in [6.45, 7) is 7.02. The van der Waals surface area contributed by atoms with Crippen LogP contribution in [0.3, 0.4) is 0 Å². The maximum absolute atomic E-state index is 10.00. The van der Waals surface area contributed by atoms with Crippen LogP contribution in [0.1, 0.15) is 52.9 Å². The first-order valence-corrected chi connectivity index (χ1v) is 6.05. The second kappa shape index (κ2) is 5.13. The van der Waals surface area contributed by atoms with E-state index in [-0.39, 0.29) is 0 Å². The highest BCUT2D eigenvalue weighted by Crippen LogP contribution is 2.34. The fraction of sp³-hybridized carbons (Fsp3) is 1.00. The molecule has 0 aliphatic heterocycles. The van der Waals surface area contributed by atoms with E-state index in [1.165, 1.54) is 19.3 Å². The third kappa shape index (κ3) is 3.97. The summed E-state index contributed by atoms with van der Waals surface area (Å²) in [7, 11) is 0. The zero-order chi connectivity index (χ0) is 10.6. The predicted molar refractivity (Wildman–Crippen MR) is 60.3 cm³/mol. The number of aliphatic hydroxyl groups is 1. The number of hydrogen-bond acceptors (Lipinski definition) is 2. The van der Waals surface area contributed by atoms with Crippen LogP contribution in [0.25, 0.3) is 0 Å². The molecule has 1 saturated carbocycles. The van der Waals surface area contributed by atoms with Gasteiger partial charge >= 0.3 is 0 Å². The van der Waals surface area contributed by atoms with Crippen molar-refractivity contribution in [3.8, 4) is 0 Å². The molecule has 2 atom stereocenters. The molecule has 0 radical (unpaired) electrons. The largest absolute Gasteiger partial charge is 0.389 e. The summed E-state index contributed by atoms with van der Waals surface area (Å²) in [6, 6.07) is 0.637. The monoisotopic (exact) mass is 199 g/mol. The van der Waals surface area contributed by atoms with Crippen LogP contribution in [-0.4, -0.2) is 23.3 Å². The summed E-state index contributed by atoms with van der Waals surface area (Å²) in [5.74, 6) is 0.887. The summed E-state index contributed by atoms with van der Waals surface area (Å²) in [4.78, 5) is 0. The van der Waals surface area contributed by atoms with Gasteiger partial charge in [0, 0.05) is 12.6 Å². The van der Waals surface area contributed by atoms with Gasteiger partial charge in [0.2, 0.25) is 0 Å². The number of nitrogens with one attached hydrogen (secondary N) is 1. The van der Waals surface area contributed by atoms with Crippen molar-refractivity contribution in [1.29, 1.82) is 0 Å². The molecule has 0 heterocycles. The van der Waals surface area contributed by atoms with Gasteiger partial charge in [-0.2, -0.15) is 0 Å². The molecule has 0 bridgehead atoms. The fourth-order valence-electron chi connectivity index (χ4n) is 2.12. The first-order valence-electron chi connectivity index (χ1n) is 6.05. The minimum atomic E-state index is -0.517. The normalized spacial score (nSPS) is 23.1. The molecule has 1 aliphatic carbocycles. The molecule has 0 amide bonds. The standard InChI is InChI=1S/C12H25NO/c1-4-8-12(3,14)9-13-11(5-2)10-6-7-10/h10-11,13-14H,4-9H2,1-3H3. The Morgan fingerprint density at radius 3 is 2.50 bits per heavy atom. The van der Waals surface area contributed by atoms with E-state index in [2.05, 4.69) is 19.2 Å². The minimum absolute atomic E-state index is 0.517. The molecule has 84 valence electrons. The molecule has 1 fully saturated rings. The number of rotatable bonds is 7. The van der Waals surface area contributed by atoms with E-state index in [1.807, 2.05) is 6.92 Å². The predicted octanol–water partition coefficient (Wildman–Crippen LogP) is 2.32. The molecule has 0 spiro atoms. The molecule has 2 nitrogen and oxygen atoms in total. The first kappa shape index (κ1) is 12.0. The Hall–Kier alpha value is -0.0800. The van der Waals surface area contributed by atoms with Crippen LogP contribution in [-0.2, 0) is 0 Å². The van der Waals surface area contributed by atoms with Gasteiger partial charge in [-0.3, -0.25) is 0 Å². The lowest BCUT2D eigenvalue weighted by atomic mass is 9.99. The Bertz CT molecular complexity index is 164. The van der Waals surface area contributed by atoms with Gasteiger partial charge in [-0.1, -0.05) is 20.3 Å². The molecule has 2 N–H and O–H groups in total. The molecular weight excluding hydrogens is 174 g/mol. The Labute approximate surface area is 88.1 Å². The highest BCUT2D eigenvalue weighted by Gasteiger charge is 2.31. The number of hydrogen-bond donors (Lipinski definition) is 2. The zero-order valence-corrected chi connectivity index (χ0v) is 9.84. The lowest BCUT2D eigenvalue weighted by Crippen LogP contribution is -2.43. The summed E-state index contributed by atoms with van der Waals surface area (Å²) < 4.78 is 0. The average molecular weight is 199 g/mol. The highest BCUT2D eigenvalue weighted by atomic mass is 16.3. The van der Waals surface area contributed by atoms with Crippen molar-refractivity contribution < 1.29 is 5.11 Å². The summed E-state index contributed by atoms with van der Waals surface area (Å²) in [5.41, 5.74) is -0.517. The molecular formula is C12H25NO. The summed E-state index contributed by atoms with van der Waals surface area (Å²) >= 11 is 0. The molecule has 0 aromatic rings. The van der Waals surface area contributed by atoms with Gasteiger partial charge < -0.3 is 10.4 Å². The summed E-state index contributed by atoms with van der Waals surface area (Å²) in [5, 5.41) is 13.5. The Morgan fingerprint density at radius 1 is 1.43 bits per heavy atom. The van der Waals surface area contributed by atoms with Crippen molar-refractivity contribution in [2.45, 2.75) is 64.5 Å². The van der Waals surface area contributed by atoms with Crippen molar-refractivity contribution in [3.05, 3.63) is 0 Å². The third-order valence-corrected chi connectivity index (χ3v) is 3.16. The van der Waals surface area contributed by atoms with Crippen LogP contribution in [0, 0.1) is 5.92 Å². The van der Waals surface area contributed by atoms with Gasteiger partial charge in [0.25, 0.3) is 0 Å². The van der Waals surface area contributed by atoms with E-state index < -0.39 is 5.60 Å². The highest BCUT2D eigenvalue weighted by molar-refractivity contribution is 4.87. The van der Waals surface area contributed by atoms with Crippen molar-refractivity contribution in [2.75, 3.05) is 6.54 Å². The van der Waals surface area contributed by atoms with Crippen molar-refractivity contribution >= 4 is 0 Å². The van der Waals surface area contributed by atoms with Crippen LogP contribution in [0.15, 0.2) is 0 Å². The zero-order valence-electron chi connectivity index (χ0n) is 9.84. The van der Waals surface area contributed by atoms with E-state index in [0.717, 1.165) is 25.3 Å². The van der Waals surface area contributed by atoms with Crippen LogP contribution in [0.2, 0.25) is 0 Å². The van der Waals surface area contributed by atoms with Gasteiger partial charge in [0.05, 0.1) is 5.60 Å². The van der Waals surface area contributed by atoms with E-state index in [4.69, 9.17) is 0 Å². The Balaban J connectivity index is 2.22. The van der Waals surface area contributed by atoms with E-state index in [1.54, 1.807) is 0 Å². The first-order chi connectivity index (χ1) is 6.59. The smallest absolute Gasteiger partial charge is 0.0743 e. The van der Waals surface area contributed by atoms with Crippen molar-refractivity contribution in [1.82, 2.24) is 5.32 Å². The second-order valence-electron chi connectivity index (χ2n) is 4.98. The van der Waals surface area contributed by atoms with Gasteiger partial charge in [-0.15, -0.1) is 0 Å². The fourth-order valence-corrected chi connectivity index (χ4v) is 2.12. The van der Waals surface area contributed by atoms with Gasteiger partial charge in [-0.25, -0.2) is 0 Å². The van der Waals surface area contributed by atoms with Crippen molar-refractivity contribution in [3.63, 3.8) is 0 Å². The van der Waals surface area contributed by atoms with Crippen LogP contribution >= 0.6 is 0 Å². The summed E-state index contributed by atoms with van der Waals surface area (Å²) in [6.07, 6.45) is 5.88.